The van der Waals surface area contributed by atoms with Gasteiger partial charge in [0.05, 0.1) is 11.3 Å². The number of imide groups is 1. The van der Waals surface area contributed by atoms with Crippen molar-refractivity contribution in [3.05, 3.63) is 101 Å². The van der Waals surface area contributed by atoms with E-state index in [0.717, 1.165) is 12.1 Å². The van der Waals surface area contributed by atoms with Crippen LogP contribution in [0, 0.1) is 11.6 Å². The van der Waals surface area contributed by atoms with Gasteiger partial charge in [-0.25, -0.2) is 18.5 Å². The van der Waals surface area contributed by atoms with Crippen LogP contribution in [-0.2, 0) is 20.9 Å². The number of rotatable bonds is 7. The first-order chi connectivity index (χ1) is 15.4. The van der Waals surface area contributed by atoms with Gasteiger partial charge in [-0.15, -0.1) is 0 Å². The Hall–Kier alpha value is -3.91. The molecule has 0 unspecified atom stereocenters. The number of anilines is 1. The zero-order chi connectivity index (χ0) is 23.1. The van der Waals surface area contributed by atoms with Crippen molar-refractivity contribution >= 4 is 23.5 Å². The molecule has 0 N–H and O–H groups in total. The fourth-order valence-electron chi connectivity index (χ4n) is 2.92. The Kier molecular flexibility index (Phi) is 7.41. The molecule has 8 heteroatoms. The van der Waals surface area contributed by atoms with E-state index in [-0.39, 0.29) is 12.2 Å². The number of methoxy groups -OCH3 is 1. The minimum absolute atomic E-state index is 0.0488. The first-order valence-electron chi connectivity index (χ1n) is 9.53. The number of hydrogen-bond donors (Lipinski definition) is 0. The Morgan fingerprint density at radius 2 is 1.56 bits per heavy atom. The van der Waals surface area contributed by atoms with E-state index in [2.05, 4.69) is 0 Å². The number of benzene rings is 3. The van der Waals surface area contributed by atoms with E-state index in [1.807, 2.05) is 0 Å². The average Bonchev–Trinajstić information content (AvgIpc) is 2.80. The molecular weight excluding hydrogens is 420 g/mol. The van der Waals surface area contributed by atoms with Gasteiger partial charge in [-0.05, 0) is 42.0 Å². The normalized spacial score (nSPS) is 10.5. The fourth-order valence-corrected chi connectivity index (χ4v) is 2.92. The Labute approximate surface area is 183 Å². The number of hydrogen-bond acceptors (Lipinski definition) is 5. The standard InChI is InChI=1S/C24H19F2NO5/c1-31-15-21(28)27(23(29)17-10-12-18(25)13-11-17)20-9-5-8-19(22(20)26)24(30)32-14-16-6-3-2-4-7-16/h2-13H,14-15H2,1H3. The molecule has 2 amide bonds. The highest BCUT2D eigenvalue weighted by Gasteiger charge is 2.29. The third-order valence-electron chi connectivity index (χ3n) is 4.46. The first kappa shape index (κ1) is 22.8. The molecule has 0 saturated heterocycles. The molecule has 0 bridgehead atoms. The second-order valence-electron chi connectivity index (χ2n) is 6.67. The number of esters is 1. The summed E-state index contributed by atoms with van der Waals surface area (Å²) in [5.74, 6) is -4.41. The quantitative estimate of drug-likeness (QED) is 0.518. The predicted octanol–water partition coefficient (Wildman–Crippen LogP) is 4.14. The van der Waals surface area contributed by atoms with Crippen molar-refractivity contribution < 1.29 is 32.6 Å². The van der Waals surface area contributed by atoms with E-state index >= 15 is 4.39 Å². The van der Waals surface area contributed by atoms with Gasteiger partial charge >= 0.3 is 5.97 Å². The van der Waals surface area contributed by atoms with E-state index < -0.39 is 47.3 Å². The summed E-state index contributed by atoms with van der Waals surface area (Å²) in [5.41, 5.74) is -0.232. The lowest BCUT2D eigenvalue weighted by Gasteiger charge is -2.22. The van der Waals surface area contributed by atoms with Gasteiger partial charge in [0, 0.05) is 12.7 Å². The van der Waals surface area contributed by atoms with E-state index in [0.29, 0.717) is 10.5 Å². The minimum Gasteiger partial charge on any atom is -0.457 e. The predicted molar refractivity (Wildman–Crippen MR) is 112 cm³/mol. The van der Waals surface area contributed by atoms with Gasteiger partial charge in [-0.1, -0.05) is 36.4 Å². The Morgan fingerprint density at radius 3 is 2.22 bits per heavy atom. The van der Waals surface area contributed by atoms with Crippen LogP contribution in [0.3, 0.4) is 0 Å². The molecule has 164 valence electrons. The SMILES string of the molecule is COCC(=O)N(C(=O)c1ccc(F)cc1)c1cccc(C(=O)OCc2ccccc2)c1F. The Bertz CT molecular complexity index is 1120. The summed E-state index contributed by atoms with van der Waals surface area (Å²) in [6.45, 7) is -0.598. The van der Waals surface area contributed by atoms with Gasteiger partial charge in [-0.2, -0.15) is 0 Å². The number of amides is 2. The van der Waals surface area contributed by atoms with E-state index in [1.165, 1.54) is 37.4 Å². The summed E-state index contributed by atoms with van der Waals surface area (Å²) < 4.78 is 38.5. The van der Waals surface area contributed by atoms with Gasteiger partial charge in [0.25, 0.3) is 11.8 Å². The van der Waals surface area contributed by atoms with Crippen LogP contribution in [0.5, 0.6) is 0 Å². The lowest BCUT2D eigenvalue weighted by Crippen LogP contribution is -2.40. The van der Waals surface area contributed by atoms with Crippen molar-refractivity contribution in [2.24, 2.45) is 0 Å². The summed E-state index contributed by atoms with van der Waals surface area (Å²) in [4.78, 5) is 38.6. The molecule has 0 aliphatic rings. The zero-order valence-corrected chi connectivity index (χ0v) is 17.1. The van der Waals surface area contributed by atoms with E-state index in [1.54, 1.807) is 30.3 Å². The Morgan fingerprint density at radius 1 is 0.875 bits per heavy atom. The van der Waals surface area contributed by atoms with Crippen LogP contribution in [0.1, 0.15) is 26.3 Å². The van der Waals surface area contributed by atoms with Crippen molar-refractivity contribution in [1.82, 2.24) is 0 Å². The minimum atomic E-state index is -1.11. The topological polar surface area (TPSA) is 72.9 Å². The number of halogens is 2. The van der Waals surface area contributed by atoms with E-state index in [9.17, 15) is 18.8 Å². The van der Waals surface area contributed by atoms with Crippen LogP contribution in [0.25, 0.3) is 0 Å². The molecule has 3 rings (SSSR count). The third-order valence-corrected chi connectivity index (χ3v) is 4.46. The van der Waals surface area contributed by atoms with Crippen LogP contribution in [0.4, 0.5) is 14.5 Å². The van der Waals surface area contributed by atoms with Gasteiger partial charge in [0.2, 0.25) is 0 Å². The Balaban J connectivity index is 1.93. The lowest BCUT2D eigenvalue weighted by molar-refractivity contribution is -0.121. The second kappa shape index (κ2) is 10.4. The zero-order valence-electron chi connectivity index (χ0n) is 17.1. The maximum Gasteiger partial charge on any atom is 0.341 e. The molecule has 32 heavy (non-hydrogen) atoms. The van der Waals surface area contributed by atoms with Gasteiger partial charge in [0.1, 0.15) is 19.0 Å². The van der Waals surface area contributed by atoms with Crippen molar-refractivity contribution in [3.8, 4) is 0 Å². The highest BCUT2D eigenvalue weighted by molar-refractivity contribution is 6.21. The molecule has 0 radical (unpaired) electrons. The average molecular weight is 439 g/mol. The second-order valence-corrected chi connectivity index (χ2v) is 6.67. The summed E-state index contributed by atoms with van der Waals surface area (Å²) in [5, 5.41) is 0. The molecule has 6 nitrogen and oxygen atoms in total. The molecule has 0 heterocycles. The molecule has 0 saturated carbocycles. The maximum atomic E-state index is 15.3. The fraction of sp³-hybridized carbons (Fsp3) is 0.125. The highest BCUT2D eigenvalue weighted by atomic mass is 19.1. The summed E-state index contributed by atoms with van der Waals surface area (Å²) >= 11 is 0. The van der Waals surface area contributed by atoms with Crippen molar-refractivity contribution in [3.63, 3.8) is 0 Å². The molecule has 0 fully saturated rings. The van der Waals surface area contributed by atoms with E-state index in [4.69, 9.17) is 9.47 Å². The largest absolute Gasteiger partial charge is 0.457 e. The first-order valence-corrected chi connectivity index (χ1v) is 9.53. The molecular formula is C24H19F2NO5. The van der Waals surface area contributed by atoms with Crippen LogP contribution < -0.4 is 4.90 Å². The smallest absolute Gasteiger partial charge is 0.341 e. The van der Waals surface area contributed by atoms with Crippen molar-refractivity contribution in [1.29, 1.82) is 0 Å². The summed E-state index contributed by atoms with van der Waals surface area (Å²) in [6, 6.07) is 16.9. The van der Waals surface area contributed by atoms with Gasteiger partial charge in [-0.3, -0.25) is 9.59 Å². The van der Waals surface area contributed by atoms with Crippen LogP contribution in [0.15, 0.2) is 72.8 Å². The molecule has 3 aromatic carbocycles. The summed E-state index contributed by atoms with van der Waals surface area (Å²) in [6.07, 6.45) is 0. The number of nitrogens with zero attached hydrogens (tertiary/aromatic N) is 1. The lowest BCUT2D eigenvalue weighted by atomic mass is 10.1. The van der Waals surface area contributed by atoms with Crippen LogP contribution in [0.2, 0.25) is 0 Å². The van der Waals surface area contributed by atoms with Gasteiger partial charge < -0.3 is 9.47 Å². The molecule has 0 atom stereocenters. The van der Waals surface area contributed by atoms with Crippen LogP contribution >= 0.6 is 0 Å². The number of ether oxygens (including phenoxy) is 2. The molecule has 0 aliphatic carbocycles. The van der Waals surface area contributed by atoms with Crippen molar-refractivity contribution in [2.75, 3.05) is 18.6 Å². The summed E-state index contributed by atoms with van der Waals surface area (Å²) in [7, 11) is 1.24. The molecule has 3 aromatic rings. The van der Waals surface area contributed by atoms with Gasteiger partial charge in [0.15, 0.2) is 5.82 Å². The van der Waals surface area contributed by atoms with Crippen LogP contribution in [-0.4, -0.2) is 31.5 Å². The monoisotopic (exact) mass is 439 g/mol. The third kappa shape index (κ3) is 5.22. The molecule has 0 aliphatic heterocycles. The number of carbonyl (C=O) groups is 3. The molecule has 0 spiro atoms. The van der Waals surface area contributed by atoms with Crippen molar-refractivity contribution in [2.45, 2.75) is 6.61 Å². The molecule has 0 aromatic heterocycles. The number of carbonyl (C=O) groups excluding carboxylic acids is 3. The maximum absolute atomic E-state index is 15.3. The highest BCUT2D eigenvalue weighted by Crippen LogP contribution is 2.25.